The summed E-state index contributed by atoms with van der Waals surface area (Å²) in [5, 5.41) is 4.29. The zero-order valence-electron chi connectivity index (χ0n) is 12.3. The van der Waals surface area contributed by atoms with Gasteiger partial charge >= 0.3 is 0 Å². The molecule has 0 aliphatic carbocycles. The average molecular weight is 398 g/mol. The summed E-state index contributed by atoms with van der Waals surface area (Å²) >= 11 is 9.30. The molecule has 0 aromatic heterocycles. The minimum absolute atomic E-state index is 0.190. The van der Waals surface area contributed by atoms with E-state index in [1.165, 1.54) is 6.21 Å². The molecule has 0 spiro atoms. The fourth-order valence-corrected chi connectivity index (χ4v) is 2.44. The molecule has 23 heavy (non-hydrogen) atoms. The summed E-state index contributed by atoms with van der Waals surface area (Å²) in [5.41, 5.74) is 3.14. The summed E-state index contributed by atoms with van der Waals surface area (Å²) in [7, 11) is 1.57. The summed E-state index contributed by atoms with van der Waals surface area (Å²) in [6.07, 6.45) is 1.50. The Bertz CT molecular complexity index is 722. The normalized spacial score (nSPS) is 10.6. The molecule has 5 nitrogen and oxygen atoms in total. The highest BCUT2D eigenvalue weighted by Crippen LogP contribution is 2.27. The second-order valence-electron chi connectivity index (χ2n) is 4.40. The van der Waals surface area contributed by atoms with E-state index < -0.39 is 5.91 Å². The Hall–Kier alpha value is -2.05. The third-order valence-corrected chi connectivity index (χ3v) is 3.57. The number of amides is 1. The van der Waals surface area contributed by atoms with Gasteiger partial charge in [-0.25, -0.2) is 5.43 Å². The third kappa shape index (κ3) is 5.26. The van der Waals surface area contributed by atoms with Crippen molar-refractivity contribution in [2.24, 2.45) is 5.10 Å². The van der Waals surface area contributed by atoms with Crippen molar-refractivity contribution in [3.8, 4) is 11.5 Å². The molecular formula is C16H14BrClN2O3. The van der Waals surface area contributed by atoms with Crippen LogP contribution in [0, 0.1) is 0 Å². The molecule has 0 heterocycles. The molecule has 1 N–H and O–H groups in total. The first kappa shape index (κ1) is 17.3. The van der Waals surface area contributed by atoms with Crippen LogP contribution in [0.4, 0.5) is 0 Å². The van der Waals surface area contributed by atoms with Gasteiger partial charge in [0, 0.05) is 10.0 Å². The van der Waals surface area contributed by atoms with E-state index in [1.54, 1.807) is 25.3 Å². The van der Waals surface area contributed by atoms with E-state index in [1.807, 2.05) is 24.3 Å². The summed E-state index contributed by atoms with van der Waals surface area (Å²) in [6, 6.07) is 12.5. The maximum Gasteiger partial charge on any atom is 0.277 e. The van der Waals surface area contributed by atoms with Crippen molar-refractivity contribution in [3.05, 3.63) is 57.5 Å². The summed E-state index contributed by atoms with van der Waals surface area (Å²) in [6.45, 7) is -0.190. The van der Waals surface area contributed by atoms with Gasteiger partial charge in [-0.3, -0.25) is 4.79 Å². The van der Waals surface area contributed by atoms with Gasteiger partial charge < -0.3 is 9.47 Å². The molecule has 2 aromatic carbocycles. The Morgan fingerprint density at radius 3 is 2.83 bits per heavy atom. The Balaban J connectivity index is 1.86. The predicted molar refractivity (Wildman–Crippen MR) is 93.4 cm³/mol. The highest BCUT2D eigenvalue weighted by molar-refractivity contribution is 9.10. The maximum absolute atomic E-state index is 11.7. The number of nitrogens with one attached hydrogen (secondary N) is 1. The lowest BCUT2D eigenvalue weighted by Crippen LogP contribution is -2.24. The monoisotopic (exact) mass is 396 g/mol. The van der Waals surface area contributed by atoms with Crippen LogP contribution < -0.4 is 14.9 Å². The fourth-order valence-electron chi connectivity index (χ4n) is 1.71. The molecule has 0 unspecified atom stereocenters. The molecule has 0 aliphatic rings. The van der Waals surface area contributed by atoms with E-state index in [9.17, 15) is 4.79 Å². The Morgan fingerprint density at radius 2 is 2.09 bits per heavy atom. The Labute approximate surface area is 147 Å². The molecule has 0 fully saturated rings. The van der Waals surface area contributed by atoms with E-state index in [2.05, 4.69) is 26.5 Å². The van der Waals surface area contributed by atoms with Crippen molar-refractivity contribution in [1.29, 1.82) is 0 Å². The largest absolute Gasteiger partial charge is 0.496 e. The maximum atomic E-state index is 11.7. The molecule has 0 atom stereocenters. The van der Waals surface area contributed by atoms with Crippen LogP contribution >= 0.6 is 27.5 Å². The number of nitrogens with zero attached hydrogens (tertiary/aromatic N) is 1. The number of rotatable bonds is 6. The van der Waals surface area contributed by atoms with Crippen LogP contribution in [0.2, 0.25) is 5.02 Å². The zero-order chi connectivity index (χ0) is 16.7. The van der Waals surface area contributed by atoms with Crippen LogP contribution in [-0.2, 0) is 4.79 Å². The van der Waals surface area contributed by atoms with E-state index in [-0.39, 0.29) is 6.61 Å². The minimum atomic E-state index is -0.393. The molecule has 0 bridgehead atoms. The van der Waals surface area contributed by atoms with Gasteiger partial charge in [0.15, 0.2) is 6.61 Å². The number of hydrazone groups is 1. The van der Waals surface area contributed by atoms with Crippen molar-refractivity contribution in [2.75, 3.05) is 13.7 Å². The van der Waals surface area contributed by atoms with Crippen molar-refractivity contribution in [3.63, 3.8) is 0 Å². The second-order valence-corrected chi connectivity index (χ2v) is 5.72. The molecular weight excluding hydrogens is 384 g/mol. The molecule has 0 radical (unpaired) electrons. The van der Waals surface area contributed by atoms with Gasteiger partial charge in [0.05, 0.1) is 18.3 Å². The topological polar surface area (TPSA) is 59.9 Å². The van der Waals surface area contributed by atoms with Gasteiger partial charge in [0.2, 0.25) is 0 Å². The summed E-state index contributed by atoms with van der Waals surface area (Å²) in [4.78, 5) is 11.7. The first-order valence-electron chi connectivity index (χ1n) is 6.63. The number of carbonyl (C=O) groups is 1. The van der Waals surface area contributed by atoms with Gasteiger partial charge in [-0.1, -0.05) is 39.7 Å². The lowest BCUT2D eigenvalue weighted by molar-refractivity contribution is -0.123. The van der Waals surface area contributed by atoms with Crippen molar-refractivity contribution in [1.82, 2.24) is 5.43 Å². The zero-order valence-corrected chi connectivity index (χ0v) is 14.6. The number of ether oxygens (including phenoxy) is 2. The predicted octanol–water partition coefficient (Wildman–Crippen LogP) is 3.64. The number of methoxy groups -OCH3 is 1. The smallest absolute Gasteiger partial charge is 0.277 e. The standard InChI is InChI=1S/C16H14BrClN2O3/c1-22-14-5-3-2-4-11(14)9-19-20-16(21)10-23-15-7-6-12(17)8-13(15)18/h2-9H,10H2,1H3,(H,20,21). The molecule has 0 saturated heterocycles. The number of para-hydroxylation sites is 1. The number of hydrogen-bond donors (Lipinski definition) is 1. The van der Waals surface area contributed by atoms with Crippen molar-refractivity contribution >= 4 is 39.7 Å². The van der Waals surface area contributed by atoms with Gasteiger partial charge in [0.25, 0.3) is 5.91 Å². The van der Waals surface area contributed by atoms with Gasteiger partial charge in [-0.15, -0.1) is 0 Å². The van der Waals surface area contributed by atoms with Crippen LogP contribution in [0.3, 0.4) is 0 Å². The minimum Gasteiger partial charge on any atom is -0.496 e. The van der Waals surface area contributed by atoms with Crippen molar-refractivity contribution < 1.29 is 14.3 Å². The summed E-state index contributed by atoms with van der Waals surface area (Å²) in [5.74, 6) is 0.706. The van der Waals surface area contributed by atoms with E-state index in [0.29, 0.717) is 16.5 Å². The average Bonchev–Trinajstić information content (AvgIpc) is 2.54. The van der Waals surface area contributed by atoms with Crippen molar-refractivity contribution in [2.45, 2.75) is 0 Å². The van der Waals surface area contributed by atoms with Crippen LogP contribution in [0.25, 0.3) is 0 Å². The number of hydrogen-bond acceptors (Lipinski definition) is 4. The molecule has 0 aliphatic heterocycles. The van der Waals surface area contributed by atoms with Crippen LogP contribution in [0.5, 0.6) is 11.5 Å². The molecule has 1 amide bonds. The van der Waals surface area contributed by atoms with Gasteiger partial charge in [-0.05, 0) is 30.3 Å². The quantitative estimate of drug-likeness (QED) is 0.598. The lowest BCUT2D eigenvalue weighted by atomic mass is 10.2. The number of benzene rings is 2. The van der Waals surface area contributed by atoms with Gasteiger partial charge in [-0.2, -0.15) is 5.10 Å². The Kier molecular flexibility index (Phi) is 6.43. The summed E-state index contributed by atoms with van der Waals surface area (Å²) < 4.78 is 11.4. The number of carbonyl (C=O) groups excluding carboxylic acids is 1. The molecule has 0 saturated carbocycles. The van der Waals surface area contributed by atoms with Crippen LogP contribution in [0.1, 0.15) is 5.56 Å². The first-order valence-corrected chi connectivity index (χ1v) is 7.80. The van der Waals surface area contributed by atoms with Gasteiger partial charge in [0.1, 0.15) is 11.5 Å². The van der Waals surface area contributed by atoms with E-state index >= 15 is 0 Å². The molecule has 2 aromatic rings. The van der Waals surface area contributed by atoms with Crippen LogP contribution in [0.15, 0.2) is 52.0 Å². The first-order chi connectivity index (χ1) is 11.1. The SMILES string of the molecule is COc1ccccc1C=NNC(=O)COc1ccc(Br)cc1Cl. The highest BCUT2D eigenvalue weighted by atomic mass is 79.9. The third-order valence-electron chi connectivity index (χ3n) is 2.78. The van der Waals surface area contributed by atoms with E-state index in [0.717, 1.165) is 10.0 Å². The number of halogens is 2. The van der Waals surface area contributed by atoms with E-state index in [4.69, 9.17) is 21.1 Å². The molecule has 120 valence electrons. The highest BCUT2D eigenvalue weighted by Gasteiger charge is 2.06. The lowest BCUT2D eigenvalue weighted by Gasteiger charge is -2.07. The molecule has 7 heteroatoms. The Morgan fingerprint density at radius 1 is 1.30 bits per heavy atom. The molecule has 2 rings (SSSR count). The second kappa shape index (κ2) is 8.55. The fraction of sp³-hybridized carbons (Fsp3) is 0.125. The van der Waals surface area contributed by atoms with Crippen LogP contribution in [-0.4, -0.2) is 25.8 Å².